The first-order valence-corrected chi connectivity index (χ1v) is 11.0. The molecule has 0 aliphatic carbocycles. The molecule has 0 aliphatic heterocycles. The van der Waals surface area contributed by atoms with E-state index < -0.39 is 5.91 Å². The van der Waals surface area contributed by atoms with Crippen molar-refractivity contribution in [2.45, 2.75) is 26.2 Å². The van der Waals surface area contributed by atoms with Crippen LogP contribution in [0.1, 0.15) is 30.9 Å². The number of hydrogen-bond donors (Lipinski definition) is 2. The van der Waals surface area contributed by atoms with Crippen LogP contribution in [0.15, 0.2) is 65.8 Å². The number of methoxy groups -OCH3 is 1. The highest BCUT2D eigenvalue weighted by Crippen LogP contribution is 2.26. The Morgan fingerprint density at radius 2 is 1.79 bits per heavy atom. The van der Waals surface area contributed by atoms with Crippen molar-refractivity contribution < 1.29 is 19.1 Å². The van der Waals surface area contributed by atoms with E-state index in [4.69, 9.17) is 9.47 Å². The molecule has 0 atom stereocenters. The van der Waals surface area contributed by atoms with Gasteiger partial charge in [0.2, 0.25) is 5.91 Å². The van der Waals surface area contributed by atoms with Crippen LogP contribution in [-0.4, -0.2) is 38.3 Å². The Hall–Kier alpha value is -3.87. The van der Waals surface area contributed by atoms with Gasteiger partial charge in [0.1, 0.15) is 11.5 Å². The summed E-state index contributed by atoms with van der Waals surface area (Å²) in [6.45, 7) is 2.31. The Kier molecular flexibility index (Phi) is 8.82. The van der Waals surface area contributed by atoms with Crippen LogP contribution in [0.25, 0.3) is 10.8 Å². The average Bonchev–Trinajstić information content (AvgIpc) is 2.84. The summed E-state index contributed by atoms with van der Waals surface area (Å²) in [6.07, 6.45) is 3.39. The van der Waals surface area contributed by atoms with Gasteiger partial charge in [-0.1, -0.05) is 42.5 Å². The number of nitrogens with one attached hydrogen (secondary N) is 2. The molecule has 0 spiro atoms. The Morgan fingerprint density at radius 3 is 2.55 bits per heavy atom. The monoisotopic (exact) mass is 447 g/mol. The second-order valence-electron chi connectivity index (χ2n) is 7.40. The Bertz CT molecular complexity index is 1110. The summed E-state index contributed by atoms with van der Waals surface area (Å²) in [7, 11) is 1.63. The number of hydrogen-bond acceptors (Lipinski definition) is 5. The van der Waals surface area contributed by atoms with Crippen molar-refractivity contribution in [1.29, 1.82) is 0 Å². The highest BCUT2D eigenvalue weighted by atomic mass is 16.5. The third-order valence-electron chi connectivity index (χ3n) is 5.09. The standard InChI is InChI=1S/C26H29N3O4/c1-3-33-24-16-13-20-8-4-5-9-22(20)23(24)17-28-29-26(31)18-27-25(30)10-6-7-19-11-14-21(32-2)15-12-19/h4-5,8-9,11-17H,3,6-7,10,18H2,1-2H3,(H,27,30)(H,29,31)/b28-17-. The van der Waals surface area contributed by atoms with Crippen molar-refractivity contribution in [3.63, 3.8) is 0 Å². The maximum atomic E-state index is 12.1. The van der Waals surface area contributed by atoms with Crippen molar-refractivity contribution in [3.8, 4) is 11.5 Å². The number of aryl methyl sites for hydroxylation is 1. The molecule has 0 saturated heterocycles. The van der Waals surface area contributed by atoms with Gasteiger partial charge in [-0.3, -0.25) is 9.59 Å². The maximum Gasteiger partial charge on any atom is 0.259 e. The third kappa shape index (κ3) is 7.07. The van der Waals surface area contributed by atoms with Gasteiger partial charge in [-0.25, -0.2) is 5.43 Å². The van der Waals surface area contributed by atoms with Crippen molar-refractivity contribution in [2.75, 3.05) is 20.3 Å². The number of fused-ring (bicyclic) bond motifs is 1. The number of rotatable bonds is 11. The quantitative estimate of drug-likeness (QED) is 0.345. The number of ether oxygens (including phenoxy) is 2. The van der Waals surface area contributed by atoms with E-state index in [2.05, 4.69) is 15.8 Å². The summed E-state index contributed by atoms with van der Waals surface area (Å²) in [4.78, 5) is 24.1. The molecule has 0 heterocycles. The predicted octanol–water partition coefficient (Wildman–Crippen LogP) is 3.84. The van der Waals surface area contributed by atoms with E-state index in [1.165, 1.54) is 0 Å². The molecule has 7 heteroatoms. The van der Waals surface area contributed by atoms with E-state index in [0.29, 0.717) is 25.2 Å². The maximum absolute atomic E-state index is 12.1. The van der Waals surface area contributed by atoms with Crippen LogP contribution in [0.2, 0.25) is 0 Å². The van der Waals surface area contributed by atoms with Gasteiger partial charge in [0, 0.05) is 12.0 Å². The molecule has 3 aromatic carbocycles. The number of carbonyl (C=O) groups excluding carboxylic acids is 2. The van der Waals surface area contributed by atoms with E-state index >= 15 is 0 Å². The SMILES string of the molecule is CCOc1ccc2ccccc2c1/C=N\NC(=O)CNC(=O)CCCc1ccc(OC)cc1. The molecular weight excluding hydrogens is 418 g/mol. The van der Waals surface area contributed by atoms with Gasteiger partial charge in [-0.15, -0.1) is 0 Å². The molecule has 0 radical (unpaired) electrons. The van der Waals surface area contributed by atoms with Gasteiger partial charge in [0.05, 0.1) is 26.5 Å². The minimum absolute atomic E-state index is 0.132. The molecule has 3 aromatic rings. The molecule has 33 heavy (non-hydrogen) atoms. The summed E-state index contributed by atoms with van der Waals surface area (Å²) in [5.74, 6) is 0.933. The zero-order valence-electron chi connectivity index (χ0n) is 19.0. The first-order chi connectivity index (χ1) is 16.1. The van der Waals surface area contributed by atoms with Crippen molar-refractivity contribution in [3.05, 3.63) is 71.8 Å². The first kappa shape index (κ1) is 23.8. The van der Waals surface area contributed by atoms with E-state index in [0.717, 1.165) is 34.1 Å². The van der Waals surface area contributed by atoms with Gasteiger partial charge in [-0.05, 0) is 54.3 Å². The highest BCUT2D eigenvalue weighted by Gasteiger charge is 2.08. The second kappa shape index (κ2) is 12.2. The van der Waals surface area contributed by atoms with Crippen LogP contribution in [0.4, 0.5) is 0 Å². The fourth-order valence-corrected chi connectivity index (χ4v) is 3.41. The Morgan fingerprint density at radius 1 is 1.00 bits per heavy atom. The molecular formula is C26H29N3O4. The third-order valence-corrected chi connectivity index (χ3v) is 5.09. The van der Waals surface area contributed by atoms with E-state index in [9.17, 15) is 9.59 Å². The zero-order valence-corrected chi connectivity index (χ0v) is 19.0. The molecule has 0 fully saturated rings. The molecule has 3 rings (SSSR count). The van der Waals surface area contributed by atoms with Crippen LogP contribution in [0, 0.1) is 0 Å². The summed E-state index contributed by atoms with van der Waals surface area (Å²) >= 11 is 0. The minimum Gasteiger partial charge on any atom is -0.497 e. The molecule has 0 aromatic heterocycles. The van der Waals surface area contributed by atoms with Gasteiger partial charge < -0.3 is 14.8 Å². The lowest BCUT2D eigenvalue weighted by molar-refractivity contribution is -0.126. The topological polar surface area (TPSA) is 89.0 Å². The van der Waals surface area contributed by atoms with Crippen molar-refractivity contribution in [1.82, 2.24) is 10.7 Å². The highest BCUT2D eigenvalue weighted by molar-refractivity contribution is 6.02. The van der Waals surface area contributed by atoms with Gasteiger partial charge in [-0.2, -0.15) is 5.10 Å². The Labute approximate surface area is 193 Å². The van der Waals surface area contributed by atoms with Crippen LogP contribution >= 0.6 is 0 Å². The molecule has 172 valence electrons. The number of amides is 2. The molecule has 0 aliphatic rings. The van der Waals surface area contributed by atoms with E-state index in [1.54, 1.807) is 13.3 Å². The summed E-state index contributed by atoms with van der Waals surface area (Å²) in [5.41, 5.74) is 4.39. The van der Waals surface area contributed by atoms with Gasteiger partial charge in [0.25, 0.3) is 5.91 Å². The number of nitrogens with zero attached hydrogens (tertiary/aromatic N) is 1. The molecule has 0 unspecified atom stereocenters. The minimum atomic E-state index is -0.395. The largest absolute Gasteiger partial charge is 0.497 e. The van der Waals surface area contributed by atoms with Crippen LogP contribution in [0.5, 0.6) is 11.5 Å². The van der Waals surface area contributed by atoms with Crippen LogP contribution in [0.3, 0.4) is 0 Å². The fraction of sp³-hybridized carbons (Fsp3) is 0.269. The lowest BCUT2D eigenvalue weighted by atomic mass is 10.0. The van der Waals surface area contributed by atoms with Gasteiger partial charge >= 0.3 is 0 Å². The number of carbonyl (C=O) groups is 2. The second-order valence-corrected chi connectivity index (χ2v) is 7.40. The van der Waals surface area contributed by atoms with E-state index in [1.807, 2.05) is 67.6 Å². The predicted molar refractivity (Wildman–Crippen MR) is 130 cm³/mol. The smallest absolute Gasteiger partial charge is 0.259 e. The van der Waals surface area contributed by atoms with Crippen LogP contribution < -0.4 is 20.2 Å². The van der Waals surface area contributed by atoms with Gasteiger partial charge in [0.15, 0.2) is 0 Å². The molecule has 0 bridgehead atoms. The van der Waals surface area contributed by atoms with Crippen molar-refractivity contribution >= 4 is 28.8 Å². The molecule has 7 nitrogen and oxygen atoms in total. The molecule has 2 N–H and O–H groups in total. The summed E-state index contributed by atoms with van der Waals surface area (Å²) in [6, 6.07) is 19.5. The lowest BCUT2D eigenvalue weighted by Crippen LogP contribution is -2.34. The molecule has 0 saturated carbocycles. The van der Waals surface area contributed by atoms with Crippen LogP contribution in [-0.2, 0) is 16.0 Å². The first-order valence-electron chi connectivity index (χ1n) is 11.0. The number of benzene rings is 3. The Balaban J connectivity index is 1.45. The molecule has 2 amide bonds. The normalized spacial score (nSPS) is 10.8. The average molecular weight is 448 g/mol. The van der Waals surface area contributed by atoms with Crippen molar-refractivity contribution in [2.24, 2.45) is 5.10 Å². The lowest BCUT2D eigenvalue weighted by Gasteiger charge is -2.10. The number of hydrazone groups is 1. The fourth-order valence-electron chi connectivity index (χ4n) is 3.41. The summed E-state index contributed by atoms with van der Waals surface area (Å²) in [5, 5.41) is 8.72. The zero-order chi connectivity index (χ0) is 23.5. The summed E-state index contributed by atoms with van der Waals surface area (Å²) < 4.78 is 10.8. The van der Waals surface area contributed by atoms with E-state index in [-0.39, 0.29) is 12.5 Å².